The van der Waals surface area contributed by atoms with Crippen molar-refractivity contribution in [3.8, 4) is 0 Å². The van der Waals surface area contributed by atoms with Crippen molar-refractivity contribution >= 4 is 29.8 Å². The Balaban J connectivity index is 1.53. The number of hydrogen-bond donors (Lipinski definition) is 0. The number of rotatable bonds is 6. The number of amides is 3. The van der Waals surface area contributed by atoms with Gasteiger partial charge >= 0.3 is 24.3 Å². The van der Waals surface area contributed by atoms with Gasteiger partial charge in [-0.25, -0.2) is 18.9 Å². The third-order valence-electron chi connectivity index (χ3n) is 9.19. The average Bonchev–Trinajstić information content (AvgIpc) is 3.58. The van der Waals surface area contributed by atoms with Crippen molar-refractivity contribution in [1.29, 1.82) is 0 Å². The smallest absolute Gasteiger partial charge is 0.417 e. The molecule has 0 unspecified atom stereocenters. The van der Waals surface area contributed by atoms with Crippen LogP contribution >= 0.6 is 0 Å². The van der Waals surface area contributed by atoms with Crippen LogP contribution in [0.5, 0.6) is 0 Å². The Labute approximate surface area is 295 Å². The van der Waals surface area contributed by atoms with Gasteiger partial charge in [0.05, 0.1) is 24.1 Å². The normalized spacial score (nSPS) is 23.3. The monoisotopic (exact) mass is 719 g/mol. The number of anilines is 1. The van der Waals surface area contributed by atoms with Gasteiger partial charge in [-0.2, -0.15) is 13.2 Å². The summed E-state index contributed by atoms with van der Waals surface area (Å²) in [5, 5.41) is 0. The molecule has 5 rings (SSSR count). The number of benzene rings is 2. The third kappa shape index (κ3) is 8.58. The van der Waals surface area contributed by atoms with Crippen LogP contribution in [-0.4, -0.2) is 89.6 Å². The maximum atomic E-state index is 17.9. The minimum absolute atomic E-state index is 0.0168. The molecule has 51 heavy (non-hydrogen) atoms. The van der Waals surface area contributed by atoms with Crippen molar-refractivity contribution in [3.05, 3.63) is 65.2 Å². The van der Waals surface area contributed by atoms with E-state index in [9.17, 15) is 32.3 Å². The van der Waals surface area contributed by atoms with E-state index in [0.29, 0.717) is 0 Å². The number of hydrogen-bond acceptors (Lipinski definition) is 8. The molecule has 14 heteroatoms. The van der Waals surface area contributed by atoms with Crippen LogP contribution in [0.1, 0.15) is 77.0 Å². The highest BCUT2D eigenvalue weighted by Gasteiger charge is 2.60. The predicted molar refractivity (Wildman–Crippen MR) is 179 cm³/mol. The van der Waals surface area contributed by atoms with Crippen LogP contribution in [0, 0.1) is 5.92 Å². The number of ether oxygens (including phenoxy) is 3. The fraction of sp³-hybridized carbons (Fsp3) is 0.568. The highest BCUT2D eigenvalue weighted by atomic mass is 19.4. The maximum Gasteiger partial charge on any atom is 0.417 e. The first-order chi connectivity index (χ1) is 23.7. The topological polar surface area (TPSA) is 106 Å². The van der Waals surface area contributed by atoms with Gasteiger partial charge in [0.1, 0.15) is 17.8 Å². The van der Waals surface area contributed by atoms with Crippen molar-refractivity contribution in [1.82, 2.24) is 9.80 Å². The molecule has 3 amide bonds. The first-order valence-electron chi connectivity index (χ1n) is 17.1. The summed E-state index contributed by atoms with van der Waals surface area (Å²) >= 11 is 0. The lowest BCUT2D eigenvalue weighted by Gasteiger charge is -2.37. The van der Waals surface area contributed by atoms with Gasteiger partial charge in [0, 0.05) is 31.2 Å². The number of imide groups is 1. The summed E-state index contributed by atoms with van der Waals surface area (Å²) in [6.45, 7) is 8.96. The Kier molecular flexibility index (Phi) is 10.4. The molecule has 3 heterocycles. The molecule has 278 valence electrons. The standard InChI is InChI=1S/C37H45F4N3O7/c1-34(2,3)50-30(45)24-14-16-42(17-15-24)29-19-25(37(39,40)41)12-13-27(29)28-20-43(32(47)51-35(4,5)6)22-36(28,38)31(46)44-26(21-49-33(44)48)18-23-10-8-7-9-11-23/h7-13,19,24,26,28H,14-18,20-22H2,1-6H3/t26-,28-,36-/m1/s1. The van der Waals surface area contributed by atoms with Crippen molar-refractivity contribution < 1.29 is 51.0 Å². The quantitative estimate of drug-likeness (QED) is 0.181. The summed E-state index contributed by atoms with van der Waals surface area (Å²) in [7, 11) is 0. The molecule has 0 N–H and O–H groups in total. The number of cyclic esters (lactones) is 1. The Hall–Kier alpha value is -4.36. The fourth-order valence-electron chi connectivity index (χ4n) is 6.82. The predicted octanol–water partition coefficient (Wildman–Crippen LogP) is 6.90. The van der Waals surface area contributed by atoms with Crippen molar-refractivity contribution in [2.45, 2.75) is 95.8 Å². The molecule has 2 aromatic carbocycles. The summed E-state index contributed by atoms with van der Waals surface area (Å²) < 4.78 is 76.5. The van der Waals surface area contributed by atoms with E-state index in [2.05, 4.69) is 0 Å². The molecule has 0 saturated carbocycles. The van der Waals surface area contributed by atoms with E-state index in [4.69, 9.17) is 14.2 Å². The highest BCUT2D eigenvalue weighted by molar-refractivity contribution is 6.00. The SMILES string of the molecule is CC(C)(C)OC(=O)C1CCN(c2cc(C(F)(F)F)ccc2[C@H]2CN(C(=O)OC(C)(C)C)C[C@]2(F)C(=O)N2C(=O)OC[C@H]2Cc2ccccc2)CC1. The molecule has 2 aromatic rings. The maximum absolute atomic E-state index is 17.9. The first-order valence-corrected chi connectivity index (χ1v) is 17.1. The molecule has 0 aromatic heterocycles. The molecular weight excluding hydrogens is 674 g/mol. The van der Waals surface area contributed by atoms with Crippen LogP contribution in [0.25, 0.3) is 0 Å². The van der Waals surface area contributed by atoms with Crippen LogP contribution in [0.15, 0.2) is 48.5 Å². The van der Waals surface area contributed by atoms with E-state index >= 15 is 4.39 Å². The number of carbonyl (C=O) groups excluding carboxylic acids is 4. The summed E-state index contributed by atoms with van der Waals surface area (Å²) in [5.74, 6) is -3.65. The highest BCUT2D eigenvalue weighted by Crippen LogP contribution is 2.47. The lowest BCUT2D eigenvalue weighted by Crippen LogP contribution is -2.54. The second-order valence-electron chi connectivity index (χ2n) is 15.4. The zero-order chi connectivity index (χ0) is 37.5. The van der Waals surface area contributed by atoms with Gasteiger partial charge in [-0.05, 0) is 84.1 Å². The zero-order valence-corrected chi connectivity index (χ0v) is 29.7. The Morgan fingerprint density at radius 1 is 0.922 bits per heavy atom. The number of carbonyl (C=O) groups is 4. The molecule has 0 spiro atoms. The van der Waals surface area contributed by atoms with Gasteiger partial charge < -0.3 is 24.0 Å². The van der Waals surface area contributed by atoms with Crippen molar-refractivity contribution in [2.75, 3.05) is 37.7 Å². The molecule has 3 aliphatic heterocycles. The van der Waals surface area contributed by atoms with E-state index in [-0.39, 0.29) is 50.2 Å². The number of halogens is 4. The second-order valence-corrected chi connectivity index (χ2v) is 15.4. The van der Waals surface area contributed by atoms with Gasteiger partial charge in [-0.3, -0.25) is 9.59 Å². The van der Waals surface area contributed by atoms with Crippen molar-refractivity contribution in [3.63, 3.8) is 0 Å². The number of likely N-dealkylation sites (tertiary alicyclic amines) is 1. The first kappa shape index (κ1) is 37.9. The molecule has 10 nitrogen and oxygen atoms in total. The number of nitrogens with zero attached hydrogens (tertiary/aromatic N) is 3. The van der Waals surface area contributed by atoms with Gasteiger partial charge in [0.25, 0.3) is 5.91 Å². The summed E-state index contributed by atoms with van der Waals surface area (Å²) in [6.07, 6.45) is -6.01. The zero-order valence-electron chi connectivity index (χ0n) is 29.7. The summed E-state index contributed by atoms with van der Waals surface area (Å²) in [6, 6.07) is 10.9. The molecule has 3 fully saturated rings. The van der Waals surface area contributed by atoms with E-state index in [1.807, 2.05) is 0 Å². The van der Waals surface area contributed by atoms with E-state index in [1.165, 1.54) is 0 Å². The Morgan fingerprint density at radius 2 is 1.55 bits per heavy atom. The van der Waals surface area contributed by atoms with E-state index in [1.54, 1.807) is 76.8 Å². The molecule has 3 saturated heterocycles. The third-order valence-corrected chi connectivity index (χ3v) is 9.19. The average molecular weight is 720 g/mol. The molecule has 3 aliphatic rings. The van der Waals surface area contributed by atoms with Crippen molar-refractivity contribution in [2.24, 2.45) is 5.92 Å². The van der Waals surface area contributed by atoms with Crippen LogP contribution in [0.2, 0.25) is 0 Å². The van der Waals surface area contributed by atoms with E-state index in [0.717, 1.165) is 33.6 Å². The number of alkyl halides is 4. The van der Waals surface area contributed by atoms with Gasteiger partial charge in [-0.15, -0.1) is 0 Å². The largest absolute Gasteiger partial charge is 0.460 e. The van der Waals surface area contributed by atoms with Gasteiger partial charge in [0.2, 0.25) is 5.67 Å². The minimum Gasteiger partial charge on any atom is -0.460 e. The van der Waals surface area contributed by atoms with Crippen LogP contribution in [-0.2, 0) is 36.4 Å². The van der Waals surface area contributed by atoms with Gasteiger partial charge in [-0.1, -0.05) is 36.4 Å². The molecule has 0 aliphatic carbocycles. The lowest BCUT2D eigenvalue weighted by atomic mass is 9.82. The molecule has 0 radical (unpaired) electrons. The number of esters is 1. The van der Waals surface area contributed by atoms with Crippen LogP contribution < -0.4 is 4.90 Å². The molecular formula is C37H45F4N3O7. The van der Waals surface area contributed by atoms with Crippen LogP contribution in [0.4, 0.5) is 32.8 Å². The number of piperidine rings is 1. The Morgan fingerprint density at radius 3 is 2.14 bits per heavy atom. The van der Waals surface area contributed by atoms with Gasteiger partial charge in [0.15, 0.2) is 0 Å². The fourth-order valence-corrected chi connectivity index (χ4v) is 6.82. The Bertz CT molecular complexity index is 1630. The minimum atomic E-state index is -4.74. The molecule has 3 atom stereocenters. The molecule has 0 bridgehead atoms. The summed E-state index contributed by atoms with van der Waals surface area (Å²) in [4.78, 5) is 56.9. The lowest BCUT2D eigenvalue weighted by molar-refractivity contribution is -0.160. The second kappa shape index (κ2) is 14.0. The summed E-state index contributed by atoms with van der Waals surface area (Å²) in [5.41, 5.74) is -4.81. The van der Waals surface area contributed by atoms with E-state index < -0.39 is 83.6 Å². The van der Waals surface area contributed by atoms with Crippen LogP contribution in [0.3, 0.4) is 0 Å².